The monoisotopic (exact) mass is 357 g/mol. The Morgan fingerprint density at radius 1 is 1.19 bits per heavy atom. The number of esters is 1. The molecule has 26 heavy (non-hydrogen) atoms. The molecule has 0 radical (unpaired) electrons. The quantitative estimate of drug-likeness (QED) is 0.733. The van der Waals surface area contributed by atoms with Gasteiger partial charge in [-0.1, -0.05) is 38.0 Å². The molecule has 3 rings (SSSR count). The molecule has 1 aromatic heterocycles. The molecule has 1 aliphatic carbocycles. The van der Waals surface area contributed by atoms with E-state index in [4.69, 9.17) is 4.74 Å². The highest BCUT2D eigenvalue weighted by Crippen LogP contribution is 2.23. The van der Waals surface area contributed by atoms with E-state index in [1.54, 1.807) is 6.07 Å². The Kier molecular flexibility index (Phi) is 5.55. The van der Waals surface area contributed by atoms with Crippen molar-refractivity contribution >= 4 is 28.8 Å². The topological polar surface area (TPSA) is 100 Å². The summed E-state index contributed by atoms with van der Waals surface area (Å²) in [6, 6.07) is 8.62. The molecule has 2 aromatic rings. The number of benzene rings is 1. The largest absolute Gasteiger partial charge is 0.451 e. The lowest BCUT2D eigenvalue weighted by Gasteiger charge is -2.29. The number of para-hydroxylation sites is 1. The van der Waals surface area contributed by atoms with Crippen LogP contribution in [0.4, 0.5) is 4.79 Å². The van der Waals surface area contributed by atoms with Gasteiger partial charge >= 0.3 is 12.0 Å². The van der Waals surface area contributed by atoms with Crippen molar-refractivity contribution < 1.29 is 19.1 Å². The summed E-state index contributed by atoms with van der Waals surface area (Å²) in [6.07, 6.45) is 4.23. The van der Waals surface area contributed by atoms with E-state index in [1.807, 2.05) is 24.3 Å². The number of carbonyl (C=O) groups is 3. The van der Waals surface area contributed by atoms with Gasteiger partial charge in [0.05, 0.1) is 0 Å². The molecule has 1 saturated carbocycles. The Morgan fingerprint density at radius 2 is 1.96 bits per heavy atom. The fourth-order valence-corrected chi connectivity index (χ4v) is 3.29. The number of H-pyrrole nitrogens is 1. The molecule has 2 atom stereocenters. The zero-order valence-electron chi connectivity index (χ0n) is 14.7. The molecule has 0 unspecified atom stereocenters. The first-order valence-electron chi connectivity index (χ1n) is 8.88. The van der Waals surface area contributed by atoms with Gasteiger partial charge in [-0.05, 0) is 30.9 Å². The molecule has 0 bridgehead atoms. The van der Waals surface area contributed by atoms with Gasteiger partial charge in [0.15, 0.2) is 6.61 Å². The van der Waals surface area contributed by atoms with Crippen LogP contribution in [0, 0.1) is 5.92 Å². The summed E-state index contributed by atoms with van der Waals surface area (Å²) < 4.78 is 4.97. The third-order valence-electron chi connectivity index (χ3n) is 4.77. The number of hydrogen-bond donors (Lipinski definition) is 3. The molecule has 138 valence electrons. The van der Waals surface area contributed by atoms with Crippen molar-refractivity contribution in [1.82, 2.24) is 15.6 Å². The van der Waals surface area contributed by atoms with E-state index in [0.717, 1.165) is 30.2 Å². The summed E-state index contributed by atoms with van der Waals surface area (Å²) in [6.45, 7) is 1.58. The zero-order valence-corrected chi connectivity index (χ0v) is 14.7. The van der Waals surface area contributed by atoms with E-state index < -0.39 is 24.5 Å². The van der Waals surface area contributed by atoms with Crippen LogP contribution < -0.4 is 10.6 Å². The van der Waals surface area contributed by atoms with Crippen LogP contribution in [0.25, 0.3) is 10.9 Å². The minimum Gasteiger partial charge on any atom is -0.451 e. The summed E-state index contributed by atoms with van der Waals surface area (Å²) in [5.74, 6) is -0.905. The predicted octanol–water partition coefficient (Wildman–Crippen LogP) is 2.73. The third-order valence-corrected chi connectivity index (χ3v) is 4.77. The van der Waals surface area contributed by atoms with E-state index in [0.29, 0.717) is 5.92 Å². The average molecular weight is 357 g/mol. The Morgan fingerprint density at radius 3 is 2.73 bits per heavy atom. The molecule has 7 nitrogen and oxygen atoms in total. The van der Waals surface area contributed by atoms with Gasteiger partial charge < -0.3 is 15.0 Å². The van der Waals surface area contributed by atoms with Gasteiger partial charge in [-0.2, -0.15) is 0 Å². The SMILES string of the molecule is C[C@@H]1CCCC[C@H]1NC(=O)NC(=O)COC(=O)c1cc2ccccc2[nH]1. The molecule has 1 heterocycles. The van der Waals surface area contributed by atoms with Crippen molar-refractivity contribution in [2.75, 3.05) is 6.61 Å². The van der Waals surface area contributed by atoms with Crippen molar-refractivity contribution in [2.24, 2.45) is 5.92 Å². The molecule has 0 saturated heterocycles. The van der Waals surface area contributed by atoms with E-state index in [1.165, 1.54) is 6.42 Å². The van der Waals surface area contributed by atoms with E-state index in [2.05, 4.69) is 22.5 Å². The molecule has 1 aliphatic rings. The van der Waals surface area contributed by atoms with Crippen LogP contribution in [0.3, 0.4) is 0 Å². The Hall–Kier alpha value is -2.83. The maximum absolute atomic E-state index is 12.0. The van der Waals surface area contributed by atoms with E-state index in [9.17, 15) is 14.4 Å². The van der Waals surface area contributed by atoms with Gasteiger partial charge in [0.1, 0.15) is 5.69 Å². The summed E-state index contributed by atoms with van der Waals surface area (Å²) in [4.78, 5) is 38.7. The van der Waals surface area contributed by atoms with Gasteiger partial charge in [0.25, 0.3) is 5.91 Å². The standard InChI is InChI=1S/C19H23N3O4/c1-12-6-2-4-8-14(12)21-19(25)22-17(23)11-26-18(24)16-10-13-7-3-5-9-15(13)20-16/h3,5,7,9-10,12,14,20H,2,4,6,8,11H2,1H3,(H2,21,22,23,25)/t12-,14-/m1/s1. The number of nitrogens with one attached hydrogen (secondary N) is 3. The lowest BCUT2D eigenvalue weighted by molar-refractivity contribution is -0.123. The molecule has 1 aromatic carbocycles. The lowest BCUT2D eigenvalue weighted by atomic mass is 9.86. The van der Waals surface area contributed by atoms with Gasteiger partial charge in [0, 0.05) is 16.9 Å². The summed E-state index contributed by atoms with van der Waals surface area (Å²) in [7, 11) is 0. The van der Waals surface area contributed by atoms with Crippen LogP contribution in [-0.4, -0.2) is 35.5 Å². The second-order valence-electron chi connectivity index (χ2n) is 6.74. The van der Waals surface area contributed by atoms with E-state index in [-0.39, 0.29) is 11.7 Å². The Labute approximate surface area is 151 Å². The number of aromatic nitrogens is 1. The highest BCUT2D eigenvalue weighted by molar-refractivity contribution is 5.98. The lowest BCUT2D eigenvalue weighted by Crippen LogP contribution is -2.48. The summed E-state index contributed by atoms with van der Waals surface area (Å²) >= 11 is 0. The minimum atomic E-state index is -0.657. The van der Waals surface area contributed by atoms with Crippen molar-refractivity contribution in [1.29, 1.82) is 0 Å². The van der Waals surface area contributed by atoms with Crippen molar-refractivity contribution in [3.05, 3.63) is 36.0 Å². The summed E-state index contributed by atoms with van der Waals surface area (Å²) in [5.41, 5.74) is 1.07. The number of amides is 3. The second kappa shape index (κ2) is 8.03. The van der Waals surface area contributed by atoms with Gasteiger partial charge in [-0.3, -0.25) is 10.1 Å². The second-order valence-corrected chi connectivity index (χ2v) is 6.74. The number of urea groups is 1. The fraction of sp³-hybridized carbons (Fsp3) is 0.421. The van der Waals surface area contributed by atoms with Crippen LogP contribution in [-0.2, 0) is 9.53 Å². The number of rotatable bonds is 4. The molecule has 3 N–H and O–H groups in total. The van der Waals surface area contributed by atoms with Crippen LogP contribution in [0.15, 0.2) is 30.3 Å². The van der Waals surface area contributed by atoms with Crippen LogP contribution in [0.1, 0.15) is 43.1 Å². The zero-order chi connectivity index (χ0) is 18.5. The third kappa shape index (κ3) is 4.41. The van der Waals surface area contributed by atoms with Crippen molar-refractivity contribution in [3.63, 3.8) is 0 Å². The Bertz CT molecular complexity index is 781. The maximum atomic E-state index is 12.0. The first-order chi connectivity index (χ1) is 12.5. The molecule has 0 spiro atoms. The predicted molar refractivity (Wildman–Crippen MR) is 96.7 cm³/mol. The van der Waals surface area contributed by atoms with Gasteiger partial charge in [-0.15, -0.1) is 0 Å². The minimum absolute atomic E-state index is 0.0745. The first kappa shape index (κ1) is 18.0. The number of ether oxygens (including phenoxy) is 1. The van der Waals surface area contributed by atoms with Crippen LogP contribution in [0.5, 0.6) is 0 Å². The maximum Gasteiger partial charge on any atom is 0.355 e. The highest BCUT2D eigenvalue weighted by atomic mass is 16.5. The Balaban J connectivity index is 1.45. The molecular formula is C19H23N3O4. The number of carbonyl (C=O) groups excluding carboxylic acids is 3. The number of hydrogen-bond acceptors (Lipinski definition) is 4. The summed E-state index contributed by atoms with van der Waals surface area (Å²) in [5, 5.41) is 5.90. The van der Waals surface area contributed by atoms with Crippen LogP contribution in [0.2, 0.25) is 0 Å². The first-order valence-corrected chi connectivity index (χ1v) is 8.88. The number of aromatic amines is 1. The van der Waals surface area contributed by atoms with Crippen molar-refractivity contribution in [2.45, 2.75) is 38.6 Å². The normalized spacial score (nSPS) is 19.7. The fourth-order valence-electron chi connectivity index (χ4n) is 3.29. The van der Waals surface area contributed by atoms with Gasteiger partial charge in [-0.25, -0.2) is 9.59 Å². The molecule has 0 aliphatic heterocycles. The highest BCUT2D eigenvalue weighted by Gasteiger charge is 2.23. The number of imide groups is 1. The van der Waals surface area contributed by atoms with Crippen molar-refractivity contribution in [3.8, 4) is 0 Å². The number of fused-ring (bicyclic) bond motifs is 1. The molecule has 3 amide bonds. The molecular weight excluding hydrogens is 334 g/mol. The van der Waals surface area contributed by atoms with Gasteiger partial charge in [0.2, 0.25) is 0 Å². The van der Waals surface area contributed by atoms with Crippen LogP contribution >= 0.6 is 0 Å². The average Bonchev–Trinajstić information content (AvgIpc) is 3.06. The molecule has 1 fully saturated rings. The smallest absolute Gasteiger partial charge is 0.355 e. The molecule has 7 heteroatoms. The van der Waals surface area contributed by atoms with E-state index >= 15 is 0 Å².